The Morgan fingerprint density at radius 1 is 1.20 bits per heavy atom. The Kier molecular flexibility index (Phi) is 4.74. The second-order valence-electron chi connectivity index (χ2n) is 4.29. The van der Waals surface area contributed by atoms with Crippen LogP contribution in [0.2, 0.25) is 0 Å². The Morgan fingerprint density at radius 2 is 2.00 bits per heavy atom. The fourth-order valence-electron chi connectivity index (χ4n) is 1.89. The lowest BCUT2D eigenvalue weighted by Crippen LogP contribution is -2.13. The molecule has 0 aliphatic rings. The van der Waals surface area contributed by atoms with E-state index in [-0.39, 0.29) is 5.91 Å². The first kappa shape index (κ1) is 14.1. The molecule has 1 amide bonds. The number of hydrogen-bond acceptors (Lipinski definition) is 3. The number of hydrogen-bond donors (Lipinski definition) is 2. The van der Waals surface area contributed by atoms with Crippen LogP contribution in [0.4, 0.5) is 5.69 Å². The summed E-state index contributed by atoms with van der Waals surface area (Å²) >= 11 is 0. The topological polar surface area (TPSA) is 64.3 Å². The van der Waals surface area contributed by atoms with Gasteiger partial charge in [-0.15, -0.1) is 0 Å². The van der Waals surface area contributed by atoms with Crippen LogP contribution in [0.1, 0.15) is 22.8 Å². The zero-order chi connectivity index (χ0) is 14.4. The standard InChI is InChI=1S/C16H18N2O2/c1-2-20-15-9-4-3-8-14(15)18-16(19)13-7-5-6-12(10-13)11-17/h3-10H,2,11,17H2,1H3,(H,18,19). The number of rotatable bonds is 5. The van der Waals surface area contributed by atoms with E-state index in [1.54, 1.807) is 12.1 Å². The van der Waals surface area contributed by atoms with Crippen molar-refractivity contribution in [3.63, 3.8) is 0 Å². The van der Waals surface area contributed by atoms with Crippen molar-refractivity contribution in [1.29, 1.82) is 0 Å². The monoisotopic (exact) mass is 270 g/mol. The number of nitrogens with two attached hydrogens (primary N) is 1. The molecule has 2 rings (SSSR count). The van der Waals surface area contributed by atoms with Crippen LogP contribution >= 0.6 is 0 Å². The van der Waals surface area contributed by atoms with Gasteiger partial charge < -0.3 is 15.8 Å². The van der Waals surface area contributed by atoms with Crippen LogP contribution in [0.25, 0.3) is 0 Å². The van der Waals surface area contributed by atoms with Gasteiger partial charge in [-0.3, -0.25) is 4.79 Å². The van der Waals surface area contributed by atoms with Gasteiger partial charge in [-0.1, -0.05) is 24.3 Å². The highest BCUT2D eigenvalue weighted by atomic mass is 16.5. The third kappa shape index (κ3) is 3.36. The highest BCUT2D eigenvalue weighted by Crippen LogP contribution is 2.24. The van der Waals surface area contributed by atoms with E-state index in [0.717, 1.165) is 5.56 Å². The third-order valence-electron chi connectivity index (χ3n) is 2.86. The molecule has 0 aliphatic heterocycles. The van der Waals surface area contributed by atoms with Crippen LogP contribution in [0.5, 0.6) is 5.75 Å². The Labute approximate surface area is 118 Å². The summed E-state index contributed by atoms with van der Waals surface area (Å²) in [5.41, 5.74) is 7.76. The van der Waals surface area contributed by atoms with Gasteiger partial charge >= 0.3 is 0 Å². The minimum atomic E-state index is -0.174. The molecule has 0 radical (unpaired) electrons. The van der Waals surface area contributed by atoms with Crippen molar-refractivity contribution in [3.8, 4) is 5.75 Å². The van der Waals surface area contributed by atoms with Gasteiger partial charge in [-0.05, 0) is 36.8 Å². The smallest absolute Gasteiger partial charge is 0.255 e. The van der Waals surface area contributed by atoms with Crippen molar-refractivity contribution in [2.45, 2.75) is 13.5 Å². The zero-order valence-electron chi connectivity index (χ0n) is 11.4. The molecular weight excluding hydrogens is 252 g/mol. The number of ether oxygens (including phenoxy) is 1. The second-order valence-corrected chi connectivity index (χ2v) is 4.29. The maximum absolute atomic E-state index is 12.2. The number of amides is 1. The summed E-state index contributed by atoms with van der Waals surface area (Å²) in [7, 11) is 0. The highest BCUT2D eigenvalue weighted by molar-refractivity contribution is 6.05. The molecule has 0 heterocycles. The Balaban J connectivity index is 2.19. The minimum Gasteiger partial charge on any atom is -0.492 e. The number of para-hydroxylation sites is 2. The normalized spacial score (nSPS) is 10.1. The van der Waals surface area contributed by atoms with Crippen LogP contribution < -0.4 is 15.8 Å². The van der Waals surface area contributed by atoms with E-state index in [0.29, 0.717) is 30.2 Å². The summed E-state index contributed by atoms with van der Waals surface area (Å²) in [5, 5.41) is 2.86. The lowest BCUT2D eigenvalue weighted by molar-refractivity contribution is 0.102. The molecule has 20 heavy (non-hydrogen) atoms. The minimum absolute atomic E-state index is 0.174. The summed E-state index contributed by atoms with van der Waals surface area (Å²) in [6.07, 6.45) is 0. The molecule has 0 fully saturated rings. The molecule has 0 spiro atoms. The van der Waals surface area contributed by atoms with Crippen molar-refractivity contribution >= 4 is 11.6 Å². The number of carbonyl (C=O) groups is 1. The molecule has 2 aromatic carbocycles. The molecule has 0 saturated carbocycles. The molecule has 0 saturated heterocycles. The van der Waals surface area contributed by atoms with Crippen molar-refractivity contribution in [2.24, 2.45) is 5.73 Å². The van der Waals surface area contributed by atoms with Crippen LogP contribution in [-0.4, -0.2) is 12.5 Å². The molecule has 0 unspecified atom stereocenters. The predicted octanol–water partition coefficient (Wildman–Crippen LogP) is 2.80. The van der Waals surface area contributed by atoms with Crippen molar-refractivity contribution in [1.82, 2.24) is 0 Å². The fraction of sp³-hybridized carbons (Fsp3) is 0.188. The van der Waals surface area contributed by atoms with E-state index >= 15 is 0 Å². The Morgan fingerprint density at radius 3 is 2.75 bits per heavy atom. The first-order valence-corrected chi connectivity index (χ1v) is 6.56. The first-order chi connectivity index (χ1) is 9.74. The maximum atomic E-state index is 12.2. The Bertz CT molecular complexity index is 597. The van der Waals surface area contributed by atoms with Crippen molar-refractivity contribution < 1.29 is 9.53 Å². The van der Waals surface area contributed by atoms with E-state index in [1.807, 2.05) is 43.3 Å². The van der Waals surface area contributed by atoms with Gasteiger partial charge in [0.1, 0.15) is 5.75 Å². The lowest BCUT2D eigenvalue weighted by Gasteiger charge is -2.11. The van der Waals surface area contributed by atoms with Crippen molar-refractivity contribution in [3.05, 3.63) is 59.7 Å². The number of anilines is 1. The Hall–Kier alpha value is -2.33. The van der Waals surface area contributed by atoms with Gasteiger partial charge in [-0.2, -0.15) is 0 Å². The van der Waals surface area contributed by atoms with E-state index in [1.165, 1.54) is 0 Å². The molecule has 0 atom stereocenters. The average Bonchev–Trinajstić information content (AvgIpc) is 2.49. The number of benzene rings is 2. The van der Waals surface area contributed by atoms with Gasteiger partial charge in [0.05, 0.1) is 12.3 Å². The fourth-order valence-corrected chi connectivity index (χ4v) is 1.89. The van der Waals surface area contributed by atoms with E-state index in [2.05, 4.69) is 5.32 Å². The van der Waals surface area contributed by atoms with Crippen LogP contribution in [-0.2, 0) is 6.54 Å². The van der Waals surface area contributed by atoms with E-state index in [4.69, 9.17) is 10.5 Å². The first-order valence-electron chi connectivity index (χ1n) is 6.56. The van der Waals surface area contributed by atoms with Gasteiger partial charge in [0.2, 0.25) is 0 Å². The molecule has 4 nitrogen and oxygen atoms in total. The third-order valence-corrected chi connectivity index (χ3v) is 2.86. The molecule has 0 bridgehead atoms. The summed E-state index contributed by atoms with van der Waals surface area (Å²) < 4.78 is 5.48. The molecule has 104 valence electrons. The molecule has 0 aromatic heterocycles. The van der Waals surface area contributed by atoms with E-state index in [9.17, 15) is 4.79 Å². The van der Waals surface area contributed by atoms with Gasteiger partial charge in [-0.25, -0.2) is 0 Å². The summed E-state index contributed by atoms with van der Waals surface area (Å²) in [4.78, 5) is 12.2. The zero-order valence-corrected chi connectivity index (χ0v) is 11.4. The molecule has 2 aromatic rings. The second kappa shape index (κ2) is 6.73. The highest BCUT2D eigenvalue weighted by Gasteiger charge is 2.09. The summed E-state index contributed by atoms with van der Waals surface area (Å²) in [6.45, 7) is 2.87. The van der Waals surface area contributed by atoms with E-state index < -0.39 is 0 Å². The van der Waals surface area contributed by atoms with Crippen LogP contribution in [0, 0.1) is 0 Å². The summed E-state index contributed by atoms with van der Waals surface area (Å²) in [6, 6.07) is 14.6. The SMILES string of the molecule is CCOc1ccccc1NC(=O)c1cccc(CN)c1. The van der Waals surface area contributed by atoms with Crippen molar-refractivity contribution in [2.75, 3.05) is 11.9 Å². The predicted molar refractivity (Wildman–Crippen MR) is 79.9 cm³/mol. The molecule has 3 N–H and O–H groups in total. The number of carbonyl (C=O) groups excluding carboxylic acids is 1. The van der Waals surface area contributed by atoms with Gasteiger partial charge in [0.25, 0.3) is 5.91 Å². The molecule has 0 aliphatic carbocycles. The number of nitrogens with one attached hydrogen (secondary N) is 1. The van der Waals surface area contributed by atoms with Gasteiger partial charge in [0, 0.05) is 12.1 Å². The molecule has 4 heteroatoms. The maximum Gasteiger partial charge on any atom is 0.255 e. The largest absolute Gasteiger partial charge is 0.492 e. The average molecular weight is 270 g/mol. The lowest BCUT2D eigenvalue weighted by atomic mass is 10.1. The van der Waals surface area contributed by atoms with Crippen LogP contribution in [0.15, 0.2) is 48.5 Å². The summed E-state index contributed by atoms with van der Waals surface area (Å²) in [5.74, 6) is 0.491. The quantitative estimate of drug-likeness (QED) is 0.878. The van der Waals surface area contributed by atoms with Gasteiger partial charge in [0.15, 0.2) is 0 Å². The molecular formula is C16H18N2O2. The van der Waals surface area contributed by atoms with Crippen LogP contribution in [0.3, 0.4) is 0 Å².